The Balaban J connectivity index is 2.55. The van der Waals surface area contributed by atoms with E-state index in [1.807, 2.05) is 6.26 Å². The molecule has 5 heteroatoms. The molecule has 0 aliphatic carbocycles. The fraction of sp³-hybridized carbons (Fsp3) is 0.400. The average molecular weight is 235 g/mol. The summed E-state index contributed by atoms with van der Waals surface area (Å²) in [5.74, 6) is -2.78. The molecule has 1 aromatic rings. The summed E-state index contributed by atoms with van der Waals surface area (Å²) < 4.78 is 38.1. The summed E-state index contributed by atoms with van der Waals surface area (Å²) in [4.78, 5) is 0. The van der Waals surface area contributed by atoms with Crippen LogP contribution >= 0.6 is 11.8 Å². The summed E-state index contributed by atoms with van der Waals surface area (Å²) in [6, 6.07) is 2.01. The molecule has 84 valence electrons. The van der Waals surface area contributed by atoms with Crippen molar-refractivity contribution in [1.29, 1.82) is 0 Å². The van der Waals surface area contributed by atoms with Crippen LogP contribution in [0.5, 0.6) is 0 Å². The van der Waals surface area contributed by atoms with E-state index in [0.717, 1.165) is 24.4 Å². The Labute approximate surface area is 91.1 Å². The van der Waals surface area contributed by atoms with Crippen LogP contribution in [0.1, 0.15) is 5.56 Å². The van der Waals surface area contributed by atoms with Gasteiger partial charge in [-0.25, -0.2) is 13.2 Å². The molecule has 0 aliphatic rings. The van der Waals surface area contributed by atoms with Gasteiger partial charge in [0.25, 0.3) is 0 Å². The molecular formula is C10H12F3NS. The summed E-state index contributed by atoms with van der Waals surface area (Å²) >= 11 is 1.67. The van der Waals surface area contributed by atoms with Crippen LogP contribution in [0.15, 0.2) is 12.1 Å². The van der Waals surface area contributed by atoms with E-state index in [0.29, 0.717) is 12.1 Å². The monoisotopic (exact) mass is 235 g/mol. The van der Waals surface area contributed by atoms with Crippen molar-refractivity contribution < 1.29 is 13.2 Å². The van der Waals surface area contributed by atoms with Gasteiger partial charge in [0.05, 0.1) is 0 Å². The maximum atomic E-state index is 12.8. The predicted molar refractivity (Wildman–Crippen MR) is 56.4 cm³/mol. The molecule has 0 radical (unpaired) electrons. The Morgan fingerprint density at radius 1 is 1.20 bits per heavy atom. The largest absolute Gasteiger partial charge is 0.312 e. The van der Waals surface area contributed by atoms with E-state index in [4.69, 9.17) is 0 Å². The first-order valence-electron chi connectivity index (χ1n) is 4.48. The molecule has 0 fully saturated rings. The van der Waals surface area contributed by atoms with Crippen molar-refractivity contribution in [2.24, 2.45) is 0 Å². The summed E-state index contributed by atoms with van der Waals surface area (Å²) in [5, 5.41) is 3.00. The van der Waals surface area contributed by atoms with E-state index >= 15 is 0 Å². The van der Waals surface area contributed by atoms with E-state index in [1.54, 1.807) is 11.8 Å². The number of rotatable bonds is 5. The molecule has 0 spiro atoms. The van der Waals surface area contributed by atoms with E-state index in [9.17, 15) is 13.2 Å². The standard InChI is InChI=1S/C10H12F3NS/c1-15-3-2-14-6-7-4-8(11)10(13)9(12)5-7/h4-5,14H,2-3,6H2,1H3. The van der Waals surface area contributed by atoms with Crippen LogP contribution in [0, 0.1) is 17.5 Å². The number of benzene rings is 1. The highest BCUT2D eigenvalue weighted by Gasteiger charge is 2.09. The zero-order valence-corrected chi connectivity index (χ0v) is 9.13. The first-order chi connectivity index (χ1) is 7.15. The van der Waals surface area contributed by atoms with Crippen LogP contribution < -0.4 is 5.32 Å². The fourth-order valence-corrected chi connectivity index (χ4v) is 1.47. The molecule has 0 atom stereocenters. The minimum Gasteiger partial charge on any atom is -0.312 e. The van der Waals surface area contributed by atoms with Crippen LogP contribution in [0.3, 0.4) is 0 Å². The van der Waals surface area contributed by atoms with Crippen molar-refractivity contribution in [3.63, 3.8) is 0 Å². The molecule has 1 rings (SSSR count). The molecule has 0 aromatic heterocycles. The number of hydrogen-bond acceptors (Lipinski definition) is 2. The van der Waals surface area contributed by atoms with Gasteiger partial charge < -0.3 is 5.32 Å². The second-order valence-electron chi connectivity index (χ2n) is 3.04. The highest BCUT2D eigenvalue weighted by Crippen LogP contribution is 2.13. The summed E-state index contributed by atoms with van der Waals surface area (Å²) in [6.07, 6.45) is 1.97. The first kappa shape index (κ1) is 12.4. The van der Waals surface area contributed by atoms with E-state index in [2.05, 4.69) is 5.32 Å². The summed E-state index contributed by atoms with van der Waals surface area (Å²) in [5.41, 5.74) is 0.410. The maximum Gasteiger partial charge on any atom is 0.194 e. The topological polar surface area (TPSA) is 12.0 Å². The van der Waals surface area contributed by atoms with Crippen molar-refractivity contribution in [1.82, 2.24) is 5.32 Å². The molecule has 1 nitrogen and oxygen atoms in total. The van der Waals surface area contributed by atoms with Crippen LogP contribution in [-0.4, -0.2) is 18.6 Å². The zero-order valence-electron chi connectivity index (χ0n) is 8.32. The second kappa shape index (κ2) is 6.02. The maximum absolute atomic E-state index is 12.8. The normalized spacial score (nSPS) is 10.7. The quantitative estimate of drug-likeness (QED) is 0.622. The Kier molecular flexibility index (Phi) is 4.98. The van der Waals surface area contributed by atoms with Gasteiger partial charge in [0, 0.05) is 18.8 Å². The van der Waals surface area contributed by atoms with Gasteiger partial charge in [0.2, 0.25) is 0 Å². The highest BCUT2D eigenvalue weighted by molar-refractivity contribution is 7.98. The van der Waals surface area contributed by atoms with Gasteiger partial charge in [-0.1, -0.05) is 0 Å². The van der Waals surface area contributed by atoms with Crippen LogP contribution in [-0.2, 0) is 6.54 Å². The average Bonchev–Trinajstić information content (AvgIpc) is 2.21. The van der Waals surface area contributed by atoms with Crippen LogP contribution in [0.2, 0.25) is 0 Å². The predicted octanol–water partition coefficient (Wildman–Crippen LogP) is 2.56. The molecule has 0 bridgehead atoms. The molecule has 15 heavy (non-hydrogen) atoms. The van der Waals surface area contributed by atoms with Gasteiger partial charge in [-0.15, -0.1) is 0 Å². The lowest BCUT2D eigenvalue weighted by molar-refractivity contribution is 0.444. The second-order valence-corrected chi connectivity index (χ2v) is 4.03. The molecule has 0 aliphatic heterocycles. The Bertz CT molecular complexity index is 307. The third-order valence-corrected chi connectivity index (χ3v) is 2.47. The lowest BCUT2D eigenvalue weighted by Gasteiger charge is -2.05. The van der Waals surface area contributed by atoms with Crippen molar-refractivity contribution >= 4 is 11.8 Å². The van der Waals surface area contributed by atoms with Gasteiger partial charge in [-0.2, -0.15) is 11.8 Å². The van der Waals surface area contributed by atoms with Gasteiger partial charge in [-0.05, 0) is 24.0 Å². The molecule has 0 saturated carbocycles. The van der Waals surface area contributed by atoms with Crippen molar-refractivity contribution in [2.45, 2.75) is 6.54 Å². The molecule has 1 aromatic carbocycles. The van der Waals surface area contributed by atoms with Crippen molar-refractivity contribution in [3.05, 3.63) is 35.1 Å². The third-order valence-electron chi connectivity index (χ3n) is 1.86. The van der Waals surface area contributed by atoms with Gasteiger partial charge >= 0.3 is 0 Å². The molecule has 0 saturated heterocycles. The summed E-state index contributed by atoms with van der Waals surface area (Å²) in [7, 11) is 0. The fourth-order valence-electron chi connectivity index (χ4n) is 1.12. The molecular weight excluding hydrogens is 223 g/mol. The van der Waals surface area contributed by atoms with E-state index < -0.39 is 17.5 Å². The van der Waals surface area contributed by atoms with Crippen LogP contribution in [0.25, 0.3) is 0 Å². The Morgan fingerprint density at radius 2 is 1.80 bits per heavy atom. The zero-order chi connectivity index (χ0) is 11.3. The number of halogens is 3. The van der Waals surface area contributed by atoms with Gasteiger partial charge in [-0.3, -0.25) is 0 Å². The van der Waals surface area contributed by atoms with Gasteiger partial charge in [0.1, 0.15) is 0 Å². The molecule has 0 unspecified atom stereocenters. The highest BCUT2D eigenvalue weighted by atomic mass is 32.2. The van der Waals surface area contributed by atoms with Gasteiger partial charge in [0.15, 0.2) is 17.5 Å². The number of nitrogens with one attached hydrogen (secondary N) is 1. The van der Waals surface area contributed by atoms with E-state index in [-0.39, 0.29) is 0 Å². The van der Waals surface area contributed by atoms with Crippen LogP contribution in [0.4, 0.5) is 13.2 Å². The minimum absolute atomic E-state index is 0.342. The molecule has 0 heterocycles. The first-order valence-corrected chi connectivity index (χ1v) is 5.87. The number of thioether (sulfide) groups is 1. The smallest absolute Gasteiger partial charge is 0.194 e. The SMILES string of the molecule is CSCCNCc1cc(F)c(F)c(F)c1. The lowest BCUT2D eigenvalue weighted by atomic mass is 10.2. The summed E-state index contributed by atoms with van der Waals surface area (Å²) in [6.45, 7) is 1.09. The third kappa shape index (κ3) is 3.76. The molecule has 0 amide bonds. The van der Waals surface area contributed by atoms with E-state index in [1.165, 1.54) is 0 Å². The lowest BCUT2D eigenvalue weighted by Crippen LogP contribution is -2.16. The number of hydrogen-bond donors (Lipinski definition) is 1. The molecule has 1 N–H and O–H groups in total. The Morgan fingerprint density at radius 3 is 2.33 bits per heavy atom. The van der Waals surface area contributed by atoms with Crippen molar-refractivity contribution in [3.8, 4) is 0 Å². The van der Waals surface area contributed by atoms with Crippen molar-refractivity contribution in [2.75, 3.05) is 18.6 Å². The Hall–Kier alpha value is -0.680. The minimum atomic E-state index is -1.41.